The minimum Gasteiger partial charge on any atom is -0.391 e. The Morgan fingerprint density at radius 1 is 1.71 bits per heavy atom. The molecule has 0 atom stereocenters. The quantitative estimate of drug-likeness (QED) is 0.420. The Labute approximate surface area is 50.2 Å². The standard InChI is InChI=1S/C5H11NS/c1-2-3-6-4-5-7/h4-7H,2-3H2,1H3/b5-4+. The summed E-state index contributed by atoms with van der Waals surface area (Å²) in [4.78, 5) is 0. The van der Waals surface area contributed by atoms with Crippen molar-refractivity contribution >= 4 is 12.6 Å². The normalized spacial score (nSPS) is 10.0. The van der Waals surface area contributed by atoms with E-state index in [9.17, 15) is 0 Å². The fourth-order valence-electron chi connectivity index (χ4n) is 0.280. The summed E-state index contributed by atoms with van der Waals surface area (Å²) in [6.45, 7) is 3.16. The van der Waals surface area contributed by atoms with Crippen molar-refractivity contribution in [2.24, 2.45) is 0 Å². The van der Waals surface area contributed by atoms with E-state index in [0.717, 1.165) is 13.0 Å². The van der Waals surface area contributed by atoms with Crippen LogP contribution < -0.4 is 5.32 Å². The predicted octanol–water partition coefficient (Wildman–Crippen LogP) is 1.39. The van der Waals surface area contributed by atoms with E-state index in [0.29, 0.717) is 0 Å². The van der Waals surface area contributed by atoms with E-state index in [1.54, 1.807) is 5.41 Å². The summed E-state index contributed by atoms with van der Waals surface area (Å²) >= 11 is 3.85. The van der Waals surface area contributed by atoms with Crippen molar-refractivity contribution in [3.8, 4) is 0 Å². The Morgan fingerprint density at radius 2 is 2.43 bits per heavy atom. The SMILES string of the molecule is CCCN/C=C/S. The van der Waals surface area contributed by atoms with Crippen LogP contribution >= 0.6 is 12.6 Å². The molecule has 0 amide bonds. The van der Waals surface area contributed by atoms with E-state index in [4.69, 9.17) is 0 Å². The van der Waals surface area contributed by atoms with E-state index < -0.39 is 0 Å². The Hall–Kier alpha value is -0.110. The Balaban J connectivity index is 2.69. The van der Waals surface area contributed by atoms with Crippen LogP contribution in [0.5, 0.6) is 0 Å². The zero-order valence-electron chi connectivity index (χ0n) is 4.52. The number of rotatable bonds is 3. The van der Waals surface area contributed by atoms with Crippen molar-refractivity contribution in [3.05, 3.63) is 11.6 Å². The fourth-order valence-corrected chi connectivity index (χ4v) is 0.386. The number of nitrogens with one attached hydrogen (secondary N) is 1. The van der Waals surface area contributed by atoms with Crippen LogP contribution in [0.2, 0.25) is 0 Å². The van der Waals surface area contributed by atoms with Gasteiger partial charge in [0.15, 0.2) is 0 Å². The maximum atomic E-state index is 3.85. The number of hydrogen-bond acceptors (Lipinski definition) is 2. The molecule has 1 nitrogen and oxygen atoms in total. The van der Waals surface area contributed by atoms with Crippen molar-refractivity contribution in [2.45, 2.75) is 13.3 Å². The van der Waals surface area contributed by atoms with Gasteiger partial charge in [-0.2, -0.15) is 0 Å². The summed E-state index contributed by atoms with van der Waals surface area (Å²) in [7, 11) is 0. The van der Waals surface area contributed by atoms with Crippen LogP contribution in [0.15, 0.2) is 11.6 Å². The zero-order chi connectivity index (χ0) is 5.54. The molecule has 0 bridgehead atoms. The Bertz CT molecular complexity index is 52.0. The first-order valence-corrected chi connectivity index (χ1v) is 2.96. The molecule has 7 heavy (non-hydrogen) atoms. The first-order valence-electron chi connectivity index (χ1n) is 2.44. The lowest BCUT2D eigenvalue weighted by atomic mass is 10.5. The molecular weight excluding hydrogens is 106 g/mol. The molecule has 0 aliphatic rings. The highest BCUT2D eigenvalue weighted by Gasteiger charge is 1.68. The van der Waals surface area contributed by atoms with Crippen LogP contribution in [0.3, 0.4) is 0 Å². The summed E-state index contributed by atoms with van der Waals surface area (Å²) in [6.07, 6.45) is 2.99. The molecule has 0 aromatic carbocycles. The third kappa shape index (κ3) is 5.89. The maximum absolute atomic E-state index is 3.85. The van der Waals surface area contributed by atoms with Gasteiger partial charge in [0.1, 0.15) is 0 Å². The molecule has 0 radical (unpaired) electrons. The molecule has 0 spiro atoms. The van der Waals surface area contributed by atoms with Gasteiger partial charge in [0, 0.05) is 12.7 Å². The molecule has 0 aliphatic heterocycles. The molecule has 0 saturated carbocycles. The van der Waals surface area contributed by atoms with Crippen molar-refractivity contribution in [3.63, 3.8) is 0 Å². The highest BCUT2D eigenvalue weighted by atomic mass is 32.1. The van der Waals surface area contributed by atoms with Gasteiger partial charge in [0.05, 0.1) is 0 Å². The van der Waals surface area contributed by atoms with Gasteiger partial charge in [-0.3, -0.25) is 0 Å². The molecule has 0 heterocycles. The molecule has 0 aromatic heterocycles. The van der Waals surface area contributed by atoms with Crippen molar-refractivity contribution in [1.82, 2.24) is 5.32 Å². The molecule has 0 fully saturated rings. The number of thiol groups is 1. The second-order valence-electron chi connectivity index (χ2n) is 1.27. The Kier molecular flexibility index (Phi) is 5.80. The van der Waals surface area contributed by atoms with Crippen LogP contribution in [-0.2, 0) is 0 Å². The second-order valence-corrected chi connectivity index (χ2v) is 1.57. The van der Waals surface area contributed by atoms with E-state index in [1.807, 2.05) is 6.20 Å². The monoisotopic (exact) mass is 117 g/mol. The number of hydrogen-bond donors (Lipinski definition) is 2. The van der Waals surface area contributed by atoms with Gasteiger partial charge in [-0.25, -0.2) is 0 Å². The lowest BCUT2D eigenvalue weighted by Crippen LogP contribution is -2.03. The van der Waals surface area contributed by atoms with Gasteiger partial charge in [-0.05, 0) is 11.8 Å². The molecular formula is C5H11NS. The molecule has 0 saturated heterocycles. The third-order valence-corrected chi connectivity index (χ3v) is 0.736. The largest absolute Gasteiger partial charge is 0.391 e. The average Bonchev–Trinajstić information content (AvgIpc) is 1.69. The summed E-state index contributed by atoms with van der Waals surface area (Å²) < 4.78 is 0. The fraction of sp³-hybridized carbons (Fsp3) is 0.600. The average molecular weight is 117 g/mol. The molecule has 0 aromatic rings. The van der Waals surface area contributed by atoms with Gasteiger partial charge in [0.2, 0.25) is 0 Å². The first-order chi connectivity index (χ1) is 3.41. The second kappa shape index (κ2) is 5.89. The molecule has 0 aliphatic carbocycles. The predicted molar refractivity (Wildman–Crippen MR) is 36.4 cm³/mol. The van der Waals surface area contributed by atoms with Gasteiger partial charge in [-0.1, -0.05) is 6.92 Å². The summed E-state index contributed by atoms with van der Waals surface area (Å²) in [5.41, 5.74) is 0. The van der Waals surface area contributed by atoms with Crippen molar-refractivity contribution in [2.75, 3.05) is 6.54 Å². The molecule has 0 rings (SSSR count). The summed E-state index contributed by atoms with van der Waals surface area (Å²) in [5.74, 6) is 0. The van der Waals surface area contributed by atoms with E-state index in [-0.39, 0.29) is 0 Å². The molecule has 0 unspecified atom stereocenters. The maximum Gasteiger partial charge on any atom is 0.0139 e. The van der Waals surface area contributed by atoms with E-state index in [2.05, 4.69) is 24.9 Å². The van der Waals surface area contributed by atoms with Gasteiger partial charge >= 0.3 is 0 Å². The highest BCUT2D eigenvalue weighted by molar-refractivity contribution is 7.83. The molecule has 2 heteroatoms. The van der Waals surface area contributed by atoms with Crippen molar-refractivity contribution in [1.29, 1.82) is 0 Å². The first kappa shape index (κ1) is 6.89. The smallest absolute Gasteiger partial charge is 0.0139 e. The summed E-state index contributed by atoms with van der Waals surface area (Å²) in [6, 6.07) is 0. The van der Waals surface area contributed by atoms with Crippen LogP contribution in [-0.4, -0.2) is 6.54 Å². The van der Waals surface area contributed by atoms with Gasteiger partial charge in [0.25, 0.3) is 0 Å². The van der Waals surface area contributed by atoms with E-state index >= 15 is 0 Å². The van der Waals surface area contributed by atoms with Crippen LogP contribution in [0.25, 0.3) is 0 Å². The Morgan fingerprint density at radius 3 is 2.86 bits per heavy atom. The minimum absolute atomic E-state index is 1.04. The van der Waals surface area contributed by atoms with Crippen LogP contribution in [0.1, 0.15) is 13.3 Å². The molecule has 42 valence electrons. The van der Waals surface area contributed by atoms with Gasteiger partial charge in [-0.15, -0.1) is 12.6 Å². The van der Waals surface area contributed by atoms with E-state index in [1.165, 1.54) is 0 Å². The zero-order valence-corrected chi connectivity index (χ0v) is 5.41. The molecule has 1 N–H and O–H groups in total. The topological polar surface area (TPSA) is 12.0 Å². The van der Waals surface area contributed by atoms with Gasteiger partial charge < -0.3 is 5.32 Å². The van der Waals surface area contributed by atoms with Crippen LogP contribution in [0.4, 0.5) is 0 Å². The minimum atomic E-state index is 1.04. The lowest BCUT2D eigenvalue weighted by Gasteiger charge is -1.90. The summed E-state index contributed by atoms with van der Waals surface area (Å²) in [5, 5.41) is 4.72. The highest BCUT2D eigenvalue weighted by Crippen LogP contribution is 1.73. The lowest BCUT2D eigenvalue weighted by molar-refractivity contribution is 0.810. The van der Waals surface area contributed by atoms with Crippen molar-refractivity contribution < 1.29 is 0 Å². The van der Waals surface area contributed by atoms with Crippen LogP contribution in [0, 0.1) is 0 Å². The third-order valence-electron chi connectivity index (χ3n) is 0.587.